The summed E-state index contributed by atoms with van der Waals surface area (Å²) in [5, 5.41) is 7.11. The third kappa shape index (κ3) is 3.70. The molecule has 164 valence electrons. The monoisotopic (exact) mass is 417 g/mol. The van der Waals surface area contributed by atoms with Crippen LogP contribution in [0.5, 0.6) is 0 Å². The van der Waals surface area contributed by atoms with E-state index in [1.807, 2.05) is 0 Å². The number of nitrogens with one attached hydrogen (secondary N) is 2. The van der Waals surface area contributed by atoms with Gasteiger partial charge in [-0.25, -0.2) is 0 Å². The van der Waals surface area contributed by atoms with Gasteiger partial charge in [0.15, 0.2) is 0 Å². The fraction of sp³-hybridized carbons (Fsp3) is 0.519. The van der Waals surface area contributed by atoms with Crippen LogP contribution >= 0.6 is 0 Å². The summed E-state index contributed by atoms with van der Waals surface area (Å²) < 4.78 is 0. The Labute approximate surface area is 186 Å². The van der Waals surface area contributed by atoms with Crippen LogP contribution in [0.3, 0.4) is 0 Å². The van der Waals surface area contributed by atoms with Crippen molar-refractivity contribution in [3.8, 4) is 0 Å². The summed E-state index contributed by atoms with van der Waals surface area (Å²) in [4.78, 5) is 16.4. The molecule has 0 radical (unpaired) electrons. The highest BCUT2D eigenvalue weighted by atomic mass is 16.2. The normalized spacial score (nSPS) is 31.8. The van der Waals surface area contributed by atoms with Crippen molar-refractivity contribution >= 4 is 5.91 Å². The zero-order chi connectivity index (χ0) is 21.4. The minimum Gasteiger partial charge on any atom is -0.354 e. The summed E-state index contributed by atoms with van der Waals surface area (Å²) in [7, 11) is 0. The first-order valence-electron chi connectivity index (χ1n) is 11.9. The molecule has 3 saturated heterocycles. The molecule has 1 amide bonds. The number of carbonyl (C=O) groups is 1. The van der Waals surface area contributed by atoms with Gasteiger partial charge >= 0.3 is 0 Å². The highest BCUT2D eigenvalue weighted by molar-refractivity contribution is 5.89. The molecule has 4 aliphatic rings. The molecule has 0 unspecified atom stereocenters. The Bertz CT molecular complexity index is 899. The lowest BCUT2D eigenvalue weighted by molar-refractivity contribution is -0.138. The van der Waals surface area contributed by atoms with Crippen molar-refractivity contribution in [2.75, 3.05) is 19.6 Å². The standard InChI is InChI=1S/C27H35N3O/c1-19(2)15-28-26(31)27-23-14-22(16-29-27)24(13-20-9-5-3-6-10-20)25(27)30(18-23)17-21-11-7-4-8-12-21/h3-12,19,22-25,29H,13-18H2,1-2H3,(H,28,31)/t22-,23-,24+,25-,27-/m0/s1. The minimum absolute atomic E-state index is 0.225. The van der Waals surface area contributed by atoms with E-state index in [0.29, 0.717) is 23.7 Å². The molecule has 6 rings (SSSR count). The number of amides is 1. The summed E-state index contributed by atoms with van der Waals surface area (Å²) >= 11 is 0. The number of piperidine rings is 2. The number of rotatable bonds is 7. The number of hydrogen-bond donors (Lipinski definition) is 2. The number of nitrogens with zero attached hydrogens (tertiary/aromatic N) is 1. The Morgan fingerprint density at radius 3 is 2.45 bits per heavy atom. The first-order valence-corrected chi connectivity index (χ1v) is 11.9. The molecule has 3 heterocycles. The average molecular weight is 418 g/mol. The van der Waals surface area contributed by atoms with Crippen LogP contribution in [0.4, 0.5) is 0 Å². The molecule has 3 aliphatic heterocycles. The first-order chi connectivity index (χ1) is 15.1. The summed E-state index contributed by atoms with van der Waals surface area (Å²) in [6, 6.07) is 21.8. The predicted molar refractivity (Wildman–Crippen MR) is 124 cm³/mol. The van der Waals surface area contributed by atoms with Gasteiger partial charge in [-0.05, 0) is 48.3 Å². The van der Waals surface area contributed by atoms with Gasteiger partial charge in [0.2, 0.25) is 5.91 Å². The Morgan fingerprint density at radius 2 is 1.77 bits per heavy atom. The third-order valence-corrected chi connectivity index (χ3v) is 7.80. The summed E-state index contributed by atoms with van der Waals surface area (Å²) in [5.74, 6) is 2.20. The van der Waals surface area contributed by atoms with Crippen molar-refractivity contribution in [3.63, 3.8) is 0 Å². The smallest absolute Gasteiger partial charge is 0.242 e. The minimum atomic E-state index is -0.460. The topological polar surface area (TPSA) is 44.4 Å². The molecule has 31 heavy (non-hydrogen) atoms. The van der Waals surface area contributed by atoms with Gasteiger partial charge in [-0.3, -0.25) is 9.69 Å². The van der Waals surface area contributed by atoms with Crippen LogP contribution in [0.25, 0.3) is 0 Å². The molecule has 2 aromatic rings. The van der Waals surface area contributed by atoms with Crippen LogP contribution in [-0.2, 0) is 17.8 Å². The van der Waals surface area contributed by atoms with Crippen LogP contribution in [-0.4, -0.2) is 42.0 Å². The van der Waals surface area contributed by atoms with E-state index in [9.17, 15) is 4.79 Å². The maximum absolute atomic E-state index is 13.7. The van der Waals surface area contributed by atoms with E-state index < -0.39 is 5.54 Å². The molecule has 2 N–H and O–H groups in total. The second kappa shape index (κ2) is 8.40. The van der Waals surface area contributed by atoms with Crippen molar-refractivity contribution in [2.24, 2.45) is 23.7 Å². The average Bonchev–Trinajstić information content (AvgIpc) is 3.04. The van der Waals surface area contributed by atoms with Gasteiger partial charge in [-0.2, -0.15) is 0 Å². The Hall–Kier alpha value is -2.17. The number of carbonyl (C=O) groups excluding carboxylic acids is 1. The molecule has 0 spiro atoms. The van der Waals surface area contributed by atoms with Crippen molar-refractivity contribution < 1.29 is 4.79 Å². The molecular weight excluding hydrogens is 382 g/mol. The van der Waals surface area contributed by atoms with Gasteiger partial charge in [0.1, 0.15) is 5.54 Å². The van der Waals surface area contributed by atoms with E-state index in [1.165, 1.54) is 11.1 Å². The van der Waals surface area contributed by atoms with Crippen molar-refractivity contribution in [1.29, 1.82) is 0 Å². The van der Waals surface area contributed by atoms with Crippen molar-refractivity contribution in [2.45, 2.75) is 44.8 Å². The lowest BCUT2D eigenvalue weighted by Gasteiger charge is -2.56. The van der Waals surface area contributed by atoms with Crippen LogP contribution in [0.1, 0.15) is 31.4 Å². The number of fused-ring (bicyclic) bond motifs is 1. The van der Waals surface area contributed by atoms with Crippen LogP contribution in [0, 0.1) is 23.7 Å². The molecule has 4 bridgehead atoms. The highest BCUT2D eigenvalue weighted by Gasteiger charge is 2.67. The third-order valence-electron chi connectivity index (χ3n) is 7.80. The molecule has 4 fully saturated rings. The van der Waals surface area contributed by atoms with Gasteiger partial charge in [0, 0.05) is 31.6 Å². The lowest BCUT2D eigenvalue weighted by Crippen LogP contribution is -2.76. The maximum Gasteiger partial charge on any atom is 0.242 e. The van der Waals surface area contributed by atoms with E-state index >= 15 is 0 Å². The quantitative estimate of drug-likeness (QED) is 0.725. The van der Waals surface area contributed by atoms with Crippen molar-refractivity contribution in [3.05, 3.63) is 71.8 Å². The van der Waals surface area contributed by atoms with Gasteiger partial charge in [0.25, 0.3) is 0 Å². The Kier molecular flexibility index (Phi) is 5.61. The Morgan fingerprint density at radius 1 is 1.10 bits per heavy atom. The first kappa shape index (κ1) is 20.7. The van der Waals surface area contributed by atoms with Gasteiger partial charge in [-0.1, -0.05) is 74.5 Å². The molecule has 5 atom stereocenters. The second-order valence-electron chi connectivity index (χ2n) is 10.3. The zero-order valence-electron chi connectivity index (χ0n) is 18.8. The van der Waals surface area contributed by atoms with E-state index in [1.54, 1.807) is 0 Å². The summed E-state index contributed by atoms with van der Waals surface area (Å²) in [5.41, 5.74) is 2.26. The molecule has 1 aliphatic carbocycles. The lowest BCUT2D eigenvalue weighted by atomic mass is 9.58. The fourth-order valence-electron chi connectivity index (χ4n) is 6.51. The largest absolute Gasteiger partial charge is 0.354 e. The van der Waals surface area contributed by atoms with E-state index in [0.717, 1.165) is 39.0 Å². The predicted octanol–water partition coefficient (Wildman–Crippen LogP) is 3.48. The molecular formula is C27H35N3O. The van der Waals surface area contributed by atoms with Crippen LogP contribution < -0.4 is 10.6 Å². The fourth-order valence-corrected chi connectivity index (χ4v) is 6.51. The molecule has 2 aromatic carbocycles. The molecule has 4 heteroatoms. The van der Waals surface area contributed by atoms with E-state index in [4.69, 9.17) is 0 Å². The van der Waals surface area contributed by atoms with Crippen molar-refractivity contribution in [1.82, 2.24) is 15.5 Å². The second-order valence-corrected chi connectivity index (χ2v) is 10.3. The summed E-state index contributed by atoms with van der Waals surface area (Å²) in [6.45, 7) is 7.95. The number of hydrogen-bond acceptors (Lipinski definition) is 3. The zero-order valence-corrected chi connectivity index (χ0v) is 18.8. The van der Waals surface area contributed by atoms with Gasteiger partial charge in [-0.15, -0.1) is 0 Å². The van der Waals surface area contributed by atoms with Gasteiger partial charge < -0.3 is 10.6 Å². The van der Waals surface area contributed by atoms with E-state index in [-0.39, 0.29) is 11.9 Å². The highest BCUT2D eigenvalue weighted by Crippen LogP contribution is 2.53. The Balaban J connectivity index is 1.48. The number of benzene rings is 2. The van der Waals surface area contributed by atoms with Crippen LogP contribution in [0.2, 0.25) is 0 Å². The maximum atomic E-state index is 13.7. The SMILES string of the molecule is CC(C)CNC(=O)[C@]12NC[C@@H]3C[C@H]1CN(Cc1ccccc1)[C@H]2[C@@H]3Cc1ccccc1. The molecule has 4 nitrogen and oxygen atoms in total. The van der Waals surface area contributed by atoms with Crippen LogP contribution in [0.15, 0.2) is 60.7 Å². The summed E-state index contributed by atoms with van der Waals surface area (Å²) in [6.07, 6.45) is 2.20. The van der Waals surface area contributed by atoms with Gasteiger partial charge in [0.05, 0.1) is 0 Å². The number of likely N-dealkylation sites (tertiary alicyclic amines) is 1. The molecule has 1 saturated carbocycles. The van der Waals surface area contributed by atoms with E-state index in [2.05, 4.69) is 90.0 Å². The molecule has 0 aromatic heterocycles.